The number of hydrogen-bond acceptors (Lipinski definition) is 3. The van der Waals surface area contributed by atoms with Gasteiger partial charge >= 0.3 is 0 Å². The Bertz CT molecular complexity index is 317. The largest absolute Gasteiger partial charge is 0.496 e. The fourth-order valence-corrected chi connectivity index (χ4v) is 1.63. The van der Waals surface area contributed by atoms with Crippen LogP contribution >= 0.6 is 11.6 Å². The second-order valence-electron chi connectivity index (χ2n) is 3.18. The lowest BCUT2D eigenvalue weighted by atomic mass is 10.1. The van der Waals surface area contributed by atoms with E-state index >= 15 is 0 Å². The van der Waals surface area contributed by atoms with Crippen LogP contribution in [0.4, 0.5) is 0 Å². The standard InChI is InChI=1S/C11H16ClNO2/c1-13-10(7-14-2)9-5-4-8(12)6-11(9)15-3/h4-6,10,13H,7H2,1-3H3. The quantitative estimate of drug-likeness (QED) is 0.840. The van der Waals surface area contributed by atoms with Crippen LogP contribution in [0.1, 0.15) is 11.6 Å². The molecule has 1 aromatic carbocycles. The molecule has 0 aliphatic heterocycles. The third-order valence-corrected chi connectivity index (χ3v) is 2.49. The molecular formula is C11H16ClNO2. The molecule has 1 rings (SSSR count). The number of hydrogen-bond donors (Lipinski definition) is 1. The van der Waals surface area contributed by atoms with E-state index in [1.165, 1.54) is 0 Å². The van der Waals surface area contributed by atoms with Crippen molar-refractivity contribution in [3.63, 3.8) is 0 Å². The number of rotatable bonds is 5. The van der Waals surface area contributed by atoms with Crippen LogP contribution in [-0.4, -0.2) is 27.9 Å². The Hall–Kier alpha value is -0.770. The molecule has 1 atom stereocenters. The highest BCUT2D eigenvalue weighted by Crippen LogP contribution is 2.28. The van der Waals surface area contributed by atoms with Gasteiger partial charge in [0.25, 0.3) is 0 Å². The molecule has 1 aromatic rings. The first-order valence-corrected chi connectivity index (χ1v) is 5.10. The van der Waals surface area contributed by atoms with Gasteiger partial charge in [0.15, 0.2) is 0 Å². The Morgan fingerprint density at radius 3 is 2.67 bits per heavy atom. The summed E-state index contributed by atoms with van der Waals surface area (Å²) in [5, 5.41) is 3.83. The second-order valence-corrected chi connectivity index (χ2v) is 3.62. The molecule has 0 radical (unpaired) electrons. The number of likely N-dealkylation sites (N-methyl/N-ethyl adjacent to an activating group) is 1. The third-order valence-electron chi connectivity index (χ3n) is 2.25. The molecule has 0 fully saturated rings. The number of ether oxygens (including phenoxy) is 2. The first kappa shape index (κ1) is 12.3. The van der Waals surface area contributed by atoms with Gasteiger partial charge in [-0.15, -0.1) is 0 Å². The molecule has 84 valence electrons. The molecule has 0 heterocycles. The van der Waals surface area contributed by atoms with E-state index in [2.05, 4.69) is 5.32 Å². The number of halogens is 1. The van der Waals surface area contributed by atoms with Gasteiger partial charge in [-0.25, -0.2) is 0 Å². The Morgan fingerprint density at radius 1 is 1.40 bits per heavy atom. The molecule has 3 nitrogen and oxygen atoms in total. The van der Waals surface area contributed by atoms with Gasteiger partial charge in [0.05, 0.1) is 19.8 Å². The zero-order valence-corrected chi connectivity index (χ0v) is 9.97. The summed E-state index contributed by atoms with van der Waals surface area (Å²) in [6.45, 7) is 0.592. The SMILES string of the molecule is CNC(COC)c1ccc(Cl)cc1OC. The molecule has 0 aromatic heterocycles. The highest BCUT2D eigenvalue weighted by atomic mass is 35.5. The van der Waals surface area contributed by atoms with E-state index in [0.29, 0.717) is 11.6 Å². The summed E-state index contributed by atoms with van der Waals surface area (Å²) < 4.78 is 10.4. The molecule has 0 saturated carbocycles. The molecule has 15 heavy (non-hydrogen) atoms. The summed E-state index contributed by atoms with van der Waals surface area (Å²) in [6.07, 6.45) is 0. The van der Waals surface area contributed by atoms with Crippen molar-refractivity contribution in [2.24, 2.45) is 0 Å². The lowest BCUT2D eigenvalue weighted by Crippen LogP contribution is -2.21. The Balaban J connectivity index is 2.99. The summed E-state index contributed by atoms with van der Waals surface area (Å²) in [6, 6.07) is 5.71. The van der Waals surface area contributed by atoms with Crippen LogP contribution in [0.2, 0.25) is 5.02 Å². The number of benzene rings is 1. The lowest BCUT2D eigenvalue weighted by molar-refractivity contribution is 0.169. The second kappa shape index (κ2) is 5.95. The van der Waals surface area contributed by atoms with Crippen molar-refractivity contribution in [2.75, 3.05) is 27.9 Å². The first-order chi connectivity index (χ1) is 7.22. The highest BCUT2D eigenvalue weighted by Gasteiger charge is 2.14. The Labute approximate surface area is 95.3 Å². The summed E-state index contributed by atoms with van der Waals surface area (Å²) in [5.41, 5.74) is 1.05. The van der Waals surface area contributed by atoms with Gasteiger partial charge in [-0.1, -0.05) is 17.7 Å². The van der Waals surface area contributed by atoms with E-state index in [1.54, 1.807) is 20.3 Å². The van der Waals surface area contributed by atoms with Gasteiger partial charge in [0.2, 0.25) is 0 Å². The predicted octanol–water partition coefficient (Wildman–Crippen LogP) is 2.26. The van der Waals surface area contributed by atoms with E-state index in [4.69, 9.17) is 21.1 Å². The maximum Gasteiger partial charge on any atom is 0.125 e. The van der Waals surface area contributed by atoms with Gasteiger partial charge in [0, 0.05) is 17.7 Å². The summed E-state index contributed by atoms with van der Waals surface area (Å²) >= 11 is 5.89. The average molecular weight is 230 g/mol. The van der Waals surface area contributed by atoms with Crippen molar-refractivity contribution in [3.8, 4) is 5.75 Å². The number of methoxy groups -OCH3 is 2. The van der Waals surface area contributed by atoms with E-state index < -0.39 is 0 Å². The van der Waals surface area contributed by atoms with E-state index in [1.807, 2.05) is 19.2 Å². The van der Waals surface area contributed by atoms with Crippen LogP contribution in [0.25, 0.3) is 0 Å². The predicted molar refractivity (Wildman–Crippen MR) is 61.7 cm³/mol. The van der Waals surface area contributed by atoms with Crippen LogP contribution in [0.15, 0.2) is 18.2 Å². The zero-order valence-electron chi connectivity index (χ0n) is 9.21. The molecule has 0 saturated heterocycles. The smallest absolute Gasteiger partial charge is 0.125 e. The van der Waals surface area contributed by atoms with E-state index in [0.717, 1.165) is 11.3 Å². The van der Waals surface area contributed by atoms with Crippen molar-refractivity contribution in [1.82, 2.24) is 5.32 Å². The molecule has 0 spiro atoms. The van der Waals surface area contributed by atoms with Gasteiger partial charge in [-0.3, -0.25) is 0 Å². The van der Waals surface area contributed by atoms with Crippen molar-refractivity contribution in [1.29, 1.82) is 0 Å². The topological polar surface area (TPSA) is 30.5 Å². The minimum atomic E-state index is 0.113. The van der Waals surface area contributed by atoms with Crippen LogP contribution in [0.5, 0.6) is 5.75 Å². The van der Waals surface area contributed by atoms with Crippen LogP contribution in [0, 0.1) is 0 Å². The monoisotopic (exact) mass is 229 g/mol. The van der Waals surface area contributed by atoms with E-state index in [9.17, 15) is 0 Å². The van der Waals surface area contributed by atoms with Gasteiger partial charge < -0.3 is 14.8 Å². The van der Waals surface area contributed by atoms with Crippen molar-refractivity contribution >= 4 is 11.6 Å². The maximum absolute atomic E-state index is 5.89. The summed E-state index contributed by atoms with van der Waals surface area (Å²) in [5.74, 6) is 0.777. The Morgan fingerprint density at radius 2 is 2.13 bits per heavy atom. The molecule has 1 unspecified atom stereocenters. The zero-order chi connectivity index (χ0) is 11.3. The first-order valence-electron chi connectivity index (χ1n) is 4.72. The minimum Gasteiger partial charge on any atom is -0.496 e. The molecular weight excluding hydrogens is 214 g/mol. The van der Waals surface area contributed by atoms with E-state index in [-0.39, 0.29) is 6.04 Å². The summed E-state index contributed by atoms with van der Waals surface area (Å²) in [4.78, 5) is 0. The minimum absolute atomic E-state index is 0.113. The molecule has 0 bridgehead atoms. The van der Waals surface area contributed by atoms with Crippen molar-refractivity contribution in [3.05, 3.63) is 28.8 Å². The lowest BCUT2D eigenvalue weighted by Gasteiger charge is -2.18. The van der Waals surface area contributed by atoms with Crippen LogP contribution in [0.3, 0.4) is 0 Å². The third kappa shape index (κ3) is 3.09. The van der Waals surface area contributed by atoms with Gasteiger partial charge in [-0.2, -0.15) is 0 Å². The molecule has 0 aliphatic rings. The fraction of sp³-hybridized carbons (Fsp3) is 0.455. The average Bonchev–Trinajstić information content (AvgIpc) is 2.26. The van der Waals surface area contributed by atoms with Crippen LogP contribution in [-0.2, 0) is 4.74 Å². The molecule has 0 amide bonds. The van der Waals surface area contributed by atoms with Gasteiger partial charge in [0.1, 0.15) is 5.75 Å². The molecule has 0 aliphatic carbocycles. The van der Waals surface area contributed by atoms with Crippen molar-refractivity contribution in [2.45, 2.75) is 6.04 Å². The fourth-order valence-electron chi connectivity index (χ4n) is 1.47. The van der Waals surface area contributed by atoms with Gasteiger partial charge in [-0.05, 0) is 19.2 Å². The Kier molecular flexibility index (Phi) is 4.88. The summed E-state index contributed by atoms with van der Waals surface area (Å²) in [7, 11) is 5.19. The normalized spacial score (nSPS) is 12.5. The van der Waals surface area contributed by atoms with Crippen LogP contribution < -0.4 is 10.1 Å². The molecule has 1 N–H and O–H groups in total. The van der Waals surface area contributed by atoms with Crippen molar-refractivity contribution < 1.29 is 9.47 Å². The maximum atomic E-state index is 5.89. The number of nitrogens with one attached hydrogen (secondary N) is 1. The highest BCUT2D eigenvalue weighted by molar-refractivity contribution is 6.30. The molecule has 4 heteroatoms.